The molecule has 2 heteroatoms. The second kappa shape index (κ2) is 1.74. The Morgan fingerprint density at radius 1 is 1.86 bits per heavy atom. The van der Waals surface area contributed by atoms with Crippen molar-refractivity contribution in [3.05, 3.63) is 12.3 Å². The smallest absolute Gasteiger partial charge is 0.107 e. The summed E-state index contributed by atoms with van der Waals surface area (Å²) in [7, 11) is 0. The van der Waals surface area contributed by atoms with Crippen molar-refractivity contribution in [3.63, 3.8) is 0 Å². The van der Waals surface area contributed by atoms with Crippen LogP contribution in [0, 0.1) is 0 Å². The zero-order valence-corrected chi connectivity index (χ0v) is 4.74. The van der Waals surface area contributed by atoms with Crippen LogP contribution >= 0.6 is 11.6 Å². The SMILES string of the molecule is C=C1OCCC1Cl. The van der Waals surface area contributed by atoms with Crippen molar-refractivity contribution < 1.29 is 4.74 Å². The highest BCUT2D eigenvalue weighted by Gasteiger charge is 2.16. The molecule has 40 valence electrons. The van der Waals surface area contributed by atoms with Crippen molar-refractivity contribution in [1.82, 2.24) is 0 Å². The quantitative estimate of drug-likeness (QED) is 0.439. The molecule has 1 heterocycles. The summed E-state index contributed by atoms with van der Waals surface area (Å²) in [6.07, 6.45) is 0.917. The number of allylic oxidation sites excluding steroid dienone is 1. The van der Waals surface area contributed by atoms with E-state index in [-0.39, 0.29) is 5.38 Å². The van der Waals surface area contributed by atoms with Crippen LogP contribution in [0.3, 0.4) is 0 Å². The largest absolute Gasteiger partial charge is 0.497 e. The van der Waals surface area contributed by atoms with Gasteiger partial charge in [-0.15, -0.1) is 11.6 Å². The predicted molar refractivity (Wildman–Crippen MR) is 29.3 cm³/mol. The summed E-state index contributed by atoms with van der Waals surface area (Å²) in [5.41, 5.74) is 0. The zero-order valence-electron chi connectivity index (χ0n) is 3.98. The van der Waals surface area contributed by atoms with Gasteiger partial charge in [0, 0.05) is 6.42 Å². The topological polar surface area (TPSA) is 9.23 Å². The van der Waals surface area contributed by atoms with Crippen LogP contribution in [0.1, 0.15) is 6.42 Å². The maximum atomic E-state index is 5.64. The molecule has 1 rings (SSSR count). The van der Waals surface area contributed by atoms with Gasteiger partial charge in [-0.05, 0) is 0 Å². The van der Waals surface area contributed by atoms with Crippen molar-refractivity contribution in [1.29, 1.82) is 0 Å². The maximum absolute atomic E-state index is 5.64. The molecule has 1 saturated heterocycles. The van der Waals surface area contributed by atoms with Gasteiger partial charge >= 0.3 is 0 Å². The van der Waals surface area contributed by atoms with Gasteiger partial charge in [0.05, 0.1) is 12.0 Å². The van der Waals surface area contributed by atoms with Crippen LogP contribution in [-0.4, -0.2) is 12.0 Å². The molecule has 1 aliphatic rings. The van der Waals surface area contributed by atoms with Crippen LogP contribution in [0.5, 0.6) is 0 Å². The van der Waals surface area contributed by atoms with Crippen LogP contribution in [0.4, 0.5) is 0 Å². The molecule has 0 aromatic heterocycles. The maximum Gasteiger partial charge on any atom is 0.107 e. The van der Waals surface area contributed by atoms with E-state index in [0.717, 1.165) is 18.8 Å². The van der Waals surface area contributed by atoms with Crippen LogP contribution in [0.2, 0.25) is 0 Å². The molecule has 0 spiro atoms. The van der Waals surface area contributed by atoms with Crippen LogP contribution in [0.15, 0.2) is 12.3 Å². The molecular weight excluding hydrogens is 112 g/mol. The van der Waals surface area contributed by atoms with E-state index in [9.17, 15) is 0 Å². The van der Waals surface area contributed by atoms with Crippen molar-refractivity contribution >= 4 is 11.6 Å². The van der Waals surface area contributed by atoms with Gasteiger partial charge in [0.2, 0.25) is 0 Å². The van der Waals surface area contributed by atoms with Gasteiger partial charge in [0.1, 0.15) is 5.76 Å². The van der Waals surface area contributed by atoms with Gasteiger partial charge in [-0.2, -0.15) is 0 Å². The lowest BCUT2D eigenvalue weighted by Gasteiger charge is -1.94. The first-order chi connectivity index (χ1) is 3.30. The fourth-order valence-electron chi connectivity index (χ4n) is 0.545. The Bertz CT molecular complexity index is 90.1. The summed E-state index contributed by atoms with van der Waals surface area (Å²) in [5, 5.41) is 0.0694. The van der Waals surface area contributed by atoms with E-state index >= 15 is 0 Å². The molecule has 0 aromatic rings. The first kappa shape index (κ1) is 4.98. The fourth-order valence-corrected chi connectivity index (χ4v) is 0.697. The summed E-state index contributed by atoms with van der Waals surface area (Å²) in [6.45, 7) is 4.32. The number of ether oxygens (including phenoxy) is 1. The van der Waals surface area contributed by atoms with E-state index in [0.29, 0.717) is 0 Å². The minimum atomic E-state index is 0.0694. The third kappa shape index (κ3) is 0.885. The van der Waals surface area contributed by atoms with E-state index in [1.54, 1.807) is 0 Å². The first-order valence-electron chi connectivity index (χ1n) is 2.26. The van der Waals surface area contributed by atoms with Gasteiger partial charge in [0.25, 0.3) is 0 Å². The number of hydrogen-bond donors (Lipinski definition) is 0. The molecule has 0 bridgehead atoms. The van der Waals surface area contributed by atoms with E-state index < -0.39 is 0 Å². The minimum absolute atomic E-state index is 0.0694. The average molecular weight is 119 g/mol. The van der Waals surface area contributed by atoms with Crippen molar-refractivity contribution in [2.45, 2.75) is 11.8 Å². The summed E-state index contributed by atoms with van der Waals surface area (Å²) >= 11 is 5.64. The Labute approximate surface area is 47.9 Å². The number of hydrogen-bond acceptors (Lipinski definition) is 1. The zero-order chi connectivity index (χ0) is 5.28. The van der Waals surface area contributed by atoms with Crippen LogP contribution < -0.4 is 0 Å². The monoisotopic (exact) mass is 118 g/mol. The average Bonchev–Trinajstić information content (AvgIpc) is 1.91. The molecule has 7 heavy (non-hydrogen) atoms. The van der Waals surface area contributed by atoms with Gasteiger partial charge in [-0.1, -0.05) is 6.58 Å². The van der Waals surface area contributed by atoms with Gasteiger partial charge in [0.15, 0.2) is 0 Å². The second-order valence-corrected chi connectivity index (χ2v) is 2.10. The molecule has 0 amide bonds. The second-order valence-electron chi connectivity index (χ2n) is 1.57. The van der Waals surface area contributed by atoms with Crippen LogP contribution in [0.25, 0.3) is 0 Å². The molecule has 0 N–H and O–H groups in total. The molecule has 0 radical (unpaired) electrons. The first-order valence-corrected chi connectivity index (χ1v) is 2.70. The summed E-state index contributed by atoms with van der Waals surface area (Å²) in [5.74, 6) is 0.724. The Morgan fingerprint density at radius 3 is 2.71 bits per heavy atom. The van der Waals surface area contributed by atoms with E-state index in [1.807, 2.05) is 0 Å². The van der Waals surface area contributed by atoms with E-state index in [4.69, 9.17) is 16.3 Å². The molecule has 0 aliphatic carbocycles. The standard InChI is InChI=1S/C5H7ClO/c1-4-5(6)2-3-7-4/h5H,1-3H2. The number of halogens is 1. The molecule has 0 saturated carbocycles. The minimum Gasteiger partial charge on any atom is -0.497 e. The lowest BCUT2D eigenvalue weighted by atomic mass is 10.3. The fraction of sp³-hybridized carbons (Fsp3) is 0.600. The van der Waals surface area contributed by atoms with Gasteiger partial charge < -0.3 is 4.74 Å². The number of alkyl halides is 1. The molecule has 1 fully saturated rings. The Morgan fingerprint density at radius 2 is 2.57 bits per heavy atom. The highest BCUT2D eigenvalue weighted by Crippen LogP contribution is 2.20. The van der Waals surface area contributed by atoms with Crippen molar-refractivity contribution in [2.75, 3.05) is 6.61 Å². The third-order valence-corrected chi connectivity index (χ3v) is 1.47. The summed E-state index contributed by atoms with van der Waals surface area (Å²) in [4.78, 5) is 0. The predicted octanol–water partition coefficient (Wildman–Crippen LogP) is 1.53. The van der Waals surface area contributed by atoms with Gasteiger partial charge in [-0.25, -0.2) is 0 Å². The number of rotatable bonds is 0. The lowest BCUT2D eigenvalue weighted by Crippen LogP contribution is -1.89. The third-order valence-electron chi connectivity index (χ3n) is 1.01. The molecule has 1 aliphatic heterocycles. The molecule has 0 aromatic carbocycles. The van der Waals surface area contributed by atoms with E-state index in [2.05, 4.69) is 6.58 Å². The van der Waals surface area contributed by atoms with Crippen molar-refractivity contribution in [3.8, 4) is 0 Å². The molecule has 1 unspecified atom stereocenters. The summed E-state index contributed by atoms with van der Waals surface area (Å²) in [6, 6.07) is 0. The van der Waals surface area contributed by atoms with Crippen LogP contribution in [-0.2, 0) is 4.74 Å². The summed E-state index contributed by atoms with van der Waals surface area (Å²) < 4.78 is 4.94. The van der Waals surface area contributed by atoms with Gasteiger partial charge in [-0.3, -0.25) is 0 Å². The lowest BCUT2D eigenvalue weighted by molar-refractivity contribution is 0.265. The Kier molecular flexibility index (Phi) is 1.24. The molecule has 1 nitrogen and oxygen atoms in total. The van der Waals surface area contributed by atoms with Crippen molar-refractivity contribution in [2.24, 2.45) is 0 Å². The highest BCUT2D eigenvalue weighted by atomic mass is 35.5. The Balaban J connectivity index is 2.48. The van der Waals surface area contributed by atoms with E-state index in [1.165, 1.54) is 0 Å². The molecular formula is C5H7ClO. The molecule has 1 atom stereocenters. The Hall–Kier alpha value is -0.170. The highest BCUT2D eigenvalue weighted by molar-refractivity contribution is 6.22. The normalized spacial score (nSPS) is 30.4.